The number of phenols is 1. The number of nitrogens with zero attached hydrogens (tertiary/aromatic N) is 1. The van der Waals surface area contributed by atoms with E-state index in [0.717, 1.165) is 17.0 Å². The molecule has 0 spiro atoms. The zero-order valence-corrected chi connectivity index (χ0v) is 10.3. The van der Waals surface area contributed by atoms with E-state index < -0.39 is 11.7 Å². The van der Waals surface area contributed by atoms with Gasteiger partial charge in [-0.15, -0.1) is 0 Å². The number of piperidine rings is 1. The largest absolute Gasteiger partial charge is 0.507 e. The first-order valence-electron chi connectivity index (χ1n) is 5.82. The minimum absolute atomic E-state index is 0.00712. The molecule has 0 aliphatic carbocycles. The van der Waals surface area contributed by atoms with Crippen LogP contribution in [0.5, 0.6) is 5.75 Å². The van der Waals surface area contributed by atoms with Gasteiger partial charge < -0.3 is 10.2 Å². The molecule has 6 heteroatoms. The van der Waals surface area contributed by atoms with Crippen LogP contribution < -0.4 is 4.90 Å². The number of hydrogen-bond donors (Lipinski definition) is 2. The van der Waals surface area contributed by atoms with E-state index in [1.807, 2.05) is 6.92 Å². The van der Waals surface area contributed by atoms with Crippen LogP contribution in [0.1, 0.15) is 30.1 Å². The van der Waals surface area contributed by atoms with Crippen LogP contribution in [-0.2, 0) is 9.59 Å². The lowest BCUT2D eigenvalue weighted by Gasteiger charge is -2.28. The van der Waals surface area contributed by atoms with Crippen molar-refractivity contribution in [3.05, 3.63) is 23.8 Å². The van der Waals surface area contributed by atoms with Crippen molar-refractivity contribution >= 4 is 23.5 Å². The first kappa shape index (κ1) is 13.1. The second-order valence-corrected chi connectivity index (χ2v) is 4.64. The Kier molecular flexibility index (Phi) is 3.25. The monoisotopic (exact) mass is 263 g/mol. The zero-order chi connectivity index (χ0) is 14.2. The number of aromatic hydroxyl groups is 1. The Hall–Kier alpha value is -2.37. The van der Waals surface area contributed by atoms with E-state index in [9.17, 15) is 19.5 Å². The second-order valence-electron chi connectivity index (χ2n) is 4.64. The second kappa shape index (κ2) is 4.72. The molecule has 2 N–H and O–H groups in total. The van der Waals surface area contributed by atoms with Gasteiger partial charge in [-0.25, -0.2) is 4.79 Å². The van der Waals surface area contributed by atoms with Crippen LogP contribution in [0.3, 0.4) is 0 Å². The van der Waals surface area contributed by atoms with Gasteiger partial charge in [0, 0.05) is 12.8 Å². The van der Waals surface area contributed by atoms with Crippen LogP contribution >= 0.6 is 0 Å². The molecule has 19 heavy (non-hydrogen) atoms. The third kappa shape index (κ3) is 2.42. The van der Waals surface area contributed by atoms with Gasteiger partial charge in [-0.2, -0.15) is 0 Å². The Morgan fingerprint density at radius 1 is 1.26 bits per heavy atom. The molecule has 1 aliphatic heterocycles. The number of rotatable bonds is 2. The Balaban J connectivity index is 2.41. The average molecular weight is 263 g/mol. The minimum Gasteiger partial charge on any atom is -0.507 e. The summed E-state index contributed by atoms with van der Waals surface area (Å²) in [6.45, 7) is 1.81. The van der Waals surface area contributed by atoms with Crippen LogP contribution in [0.25, 0.3) is 0 Å². The molecule has 2 rings (SSSR count). The number of amides is 2. The molecule has 1 heterocycles. The number of benzene rings is 1. The molecule has 100 valence electrons. The van der Waals surface area contributed by atoms with E-state index in [1.54, 1.807) is 0 Å². The van der Waals surface area contributed by atoms with Gasteiger partial charge in [-0.05, 0) is 24.1 Å². The fourth-order valence-corrected chi connectivity index (χ4v) is 2.11. The van der Waals surface area contributed by atoms with Crippen molar-refractivity contribution in [1.29, 1.82) is 0 Å². The molecule has 0 radical (unpaired) electrons. The molecule has 0 atom stereocenters. The number of aromatic carboxylic acids is 1. The summed E-state index contributed by atoms with van der Waals surface area (Å²) >= 11 is 0. The highest BCUT2D eigenvalue weighted by Gasteiger charge is 2.32. The third-order valence-corrected chi connectivity index (χ3v) is 3.01. The van der Waals surface area contributed by atoms with E-state index in [0.29, 0.717) is 0 Å². The summed E-state index contributed by atoms with van der Waals surface area (Å²) < 4.78 is 0. The highest BCUT2D eigenvalue weighted by atomic mass is 16.4. The maximum atomic E-state index is 11.9. The highest BCUT2D eigenvalue weighted by molar-refractivity contribution is 6.17. The van der Waals surface area contributed by atoms with Gasteiger partial charge in [-0.1, -0.05) is 6.92 Å². The molecular formula is C13H13NO5. The fourth-order valence-electron chi connectivity index (χ4n) is 2.11. The first-order valence-corrected chi connectivity index (χ1v) is 5.82. The van der Waals surface area contributed by atoms with Gasteiger partial charge in [0.25, 0.3) is 0 Å². The molecule has 0 bridgehead atoms. The number of hydrogen-bond acceptors (Lipinski definition) is 4. The number of carbonyl (C=O) groups excluding carboxylic acids is 2. The Morgan fingerprint density at radius 2 is 1.84 bits per heavy atom. The summed E-state index contributed by atoms with van der Waals surface area (Å²) in [6.07, 6.45) is 0.490. The predicted octanol–water partition coefficient (Wildman–Crippen LogP) is 1.38. The van der Waals surface area contributed by atoms with Gasteiger partial charge in [0.2, 0.25) is 11.8 Å². The summed E-state index contributed by atoms with van der Waals surface area (Å²) in [6, 6.07) is 3.65. The summed E-state index contributed by atoms with van der Waals surface area (Å²) in [7, 11) is 0. The van der Waals surface area contributed by atoms with E-state index in [1.165, 1.54) is 6.07 Å². The fraction of sp³-hybridized carbons (Fsp3) is 0.308. The SMILES string of the molecule is CC1CC(=O)N(c2ccc(O)c(C(=O)O)c2)C(=O)C1. The van der Waals surface area contributed by atoms with E-state index in [-0.39, 0.29) is 41.8 Å². The normalized spacial score (nSPS) is 16.8. The summed E-state index contributed by atoms with van der Waals surface area (Å²) in [5.41, 5.74) is -0.158. The van der Waals surface area contributed by atoms with Gasteiger partial charge in [0.1, 0.15) is 11.3 Å². The molecular weight excluding hydrogens is 250 g/mol. The molecule has 0 unspecified atom stereocenters. The Bertz CT molecular complexity index is 548. The molecule has 1 fully saturated rings. The quantitative estimate of drug-likeness (QED) is 0.786. The lowest BCUT2D eigenvalue weighted by atomic mass is 9.97. The van der Waals surface area contributed by atoms with Crippen molar-refractivity contribution in [2.75, 3.05) is 4.90 Å². The zero-order valence-electron chi connectivity index (χ0n) is 10.3. The number of anilines is 1. The van der Waals surface area contributed by atoms with Gasteiger partial charge in [-0.3, -0.25) is 14.5 Å². The molecule has 1 aliphatic rings. The van der Waals surface area contributed by atoms with Crippen molar-refractivity contribution in [3.8, 4) is 5.75 Å². The molecule has 6 nitrogen and oxygen atoms in total. The highest BCUT2D eigenvalue weighted by Crippen LogP contribution is 2.29. The van der Waals surface area contributed by atoms with Gasteiger partial charge in [0.05, 0.1) is 5.69 Å². The van der Waals surface area contributed by atoms with Crippen LogP contribution in [0.2, 0.25) is 0 Å². The van der Waals surface area contributed by atoms with Gasteiger partial charge in [0.15, 0.2) is 0 Å². The van der Waals surface area contributed by atoms with Crippen LogP contribution in [0, 0.1) is 5.92 Å². The lowest BCUT2D eigenvalue weighted by Crippen LogP contribution is -2.42. The van der Waals surface area contributed by atoms with E-state index in [2.05, 4.69) is 0 Å². The van der Waals surface area contributed by atoms with Crippen LogP contribution in [-0.4, -0.2) is 28.0 Å². The van der Waals surface area contributed by atoms with Gasteiger partial charge >= 0.3 is 5.97 Å². The molecule has 2 amide bonds. The van der Waals surface area contributed by atoms with E-state index in [4.69, 9.17) is 5.11 Å². The first-order chi connectivity index (χ1) is 8.90. The molecule has 0 saturated carbocycles. The topological polar surface area (TPSA) is 94.9 Å². The summed E-state index contributed by atoms with van der Waals surface area (Å²) in [5, 5.41) is 18.3. The van der Waals surface area contributed by atoms with Crippen molar-refractivity contribution in [3.63, 3.8) is 0 Å². The minimum atomic E-state index is -1.32. The number of imide groups is 1. The maximum absolute atomic E-state index is 11.9. The van der Waals surface area contributed by atoms with Crippen molar-refractivity contribution in [2.45, 2.75) is 19.8 Å². The predicted molar refractivity (Wildman–Crippen MR) is 66.0 cm³/mol. The van der Waals surface area contributed by atoms with Crippen molar-refractivity contribution in [1.82, 2.24) is 0 Å². The van der Waals surface area contributed by atoms with Crippen molar-refractivity contribution < 1.29 is 24.6 Å². The summed E-state index contributed by atoms with van der Waals surface area (Å²) in [5.74, 6) is -2.44. The molecule has 1 saturated heterocycles. The van der Waals surface area contributed by atoms with Crippen molar-refractivity contribution in [2.24, 2.45) is 5.92 Å². The number of carbonyl (C=O) groups is 3. The Labute approximate surface area is 109 Å². The maximum Gasteiger partial charge on any atom is 0.339 e. The summed E-state index contributed by atoms with van der Waals surface area (Å²) in [4.78, 5) is 35.7. The third-order valence-electron chi connectivity index (χ3n) is 3.01. The van der Waals surface area contributed by atoms with E-state index >= 15 is 0 Å². The number of carboxylic acid groups (broad SMARTS) is 1. The molecule has 0 aromatic heterocycles. The Morgan fingerprint density at radius 3 is 2.37 bits per heavy atom. The lowest BCUT2D eigenvalue weighted by molar-refractivity contribution is -0.130. The standard InChI is InChI=1S/C13H13NO5/c1-7-4-11(16)14(12(17)5-7)8-2-3-10(15)9(6-8)13(18)19/h2-3,6-7,15H,4-5H2,1H3,(H,18,19). The van der Waals surface area contributed by atoms with Crippen LogP contribution in [0.15, 0.2) is 18.2 Å². The smallest absolute Gasteiger partial charge is 0.339 e. The molecule has 1 aromatic rings. The number of carboxylic acids is 1. The molecule has 1 aromatic carbocycles. The van der Waals surface area contributed by atoms with Crippen LogP contribution in [0.4, 0.5) is 5.69 Å². The average Bonchev–Trinajstić information content (AvgIpc) is 2.29.